The van der Waals surface area contributed by atoms with E-state index >= 15 is 0 Å². The molecule has 0 aliphatic carbocycles. The number of carbonyl (C=O) groups is 1. The predicted molar refractivity (Wildman–Crippen MR) is 163 cm³/mol. The van der Waals surface area contributed by atoms with Gasteiger partial charge >= 0.3 is 5.97 Å². The molecule has 4 fully saturated rings. The zero-order valence-electron chi connectivity index (χ0n) is 27.2. The van der Waals surface area contributed by atoms with Gasteiger partial charge in [0.2, 0.25) is 6.29 Å². The molecule has 0 spiro atoms. The van der Waals surface area contributed by atoms with Gasteiger partial charge in [0, 0.05) is 6.08 Å². The lowest BCUT2D eigenvalue weighted by Gasteiger charge is -2.41. The molecule has 0 saturated carbocycles. The fourth-order valence-corrected chi connectivity index (χ4v) is 5.69. The molecule has 18 atom stereocenters. The standard InChI is InChI=1S/C31H44O21/c32-13-7-45-29(25(41)18(13)34)48-10-16-20(36)23(39)27(43)31(52-16)49-12-4-1-11(2-5-12)3-6-17(33)50-14-8-46-30(26(42)21(14)37)47-9-15-19(35)22(38)24(40)28(44)51-15/h1-6,13-16,18-32,34-44H,7-10H2/b6-3+/t13-,14-,15-,16-,18+,19-,20-,21+,22+,23+,24-,25-,26-,27-,28-,29+,30+,31-/m1/s1. The van der Waals surface area contributed by atoms with Crippen LogP contribution in [0.2, 0.25) is 0 Å². The highest BCUT2D eigenvalue weighted by Gasteiger charge is 2.47. The average Bonchev–Trinajstić information content (AvgIpc) is 3.13. The second kappa shape index (κ2) is 17.8. The van der Waals surface area contributed by atoms with Gasteiger partial charge in [-0.15, -0.1) is 0 Å². The van der Waals surface area contributed by atoms with Gasteiger partial charge in [0.1, 0.15) is 85.1 Å². The summed E-state index contributed by atoms with van der Waals surface area (Å²) >= 11 is 0. The third-order valence-corrected chi connectivity index (χ3v) is 8.91. The van der Waals surface area contributed by atoms with Crippen molar-refractivity contribution >= 4 is 12.0 Å². The predicted octanol–water partition coefficient (Wildman–Crippen LogP) is -6.85. The van der Waals surface area contributed by atoms with E-state index in [1.54, 1.807) is 0 Å². The van der Waals surface area contributed by atoms with E-state index in [1.807, 2.05) is 0 Å². The minimum absolute atomic E-state index is 0.151. The van der Waals surface area contributed by atoms with Gasteiger partial charge in [-0.25, -0.2) is 4.79 Å². The summed E-state index contributed by atoms with van der Waals surface area (Å²) in [6, 6.07) is 5.91. The summed E-state index contributed by atoms with van der Waals surface area (Å²) in [5.41, 5.74) is 0.471. The van der Waals surface area contributed by atoms with Crippen LogP contribution in [0.25, 0.3) is 6.08 Å². The molecule has 12 N–H and O–H groups in total. The van der Waals surface area contributed by atoms with Gasteiger partial charge < -0.3 is 99.2 Å². The Morgan fingerprint density at radius 2 is 1.15 bits per heavy atom. The van der Waals surface area contributed by atoms with E-state index < -0.39 is 136 Å². The van der Waals surface area contributed by atoms with Crippen molar-refractivity contribution in [3.05, 3.63) is 35.9 Å². The number of rotatable bonds is 11. The molecule has 0 unspecified atom stereocenters. The molecule has 4 saturated heterocycles. The molecule has 21 heteroatoms. The van der Waals surface area contributed by atoms with Gasteiger partial charge in [-0.3, -0.25) is 0 Å². The van der Waals surface area contributed by atoms with Gasteiger partial charge in [-0.05, 0) is 23.8 Å². The molecular formula is C31H44O21. The number of esters is 1. The maximum absolute atomic E-state index is 12.5. The monoisotopic (exact) mass is 752 g/mol. The highest BCUT2D eigenvalue weighted by Crippen LogP contribution is 2.27. The molecule has 4 heterocycles. The first-order valence-electron chi connectivity index (χ1n) is 16.3. The van der Waals surface area contributed by atoms with Crippen LogP contribution in [0.5, 0.6) is 5.75 Å². The van der Waals surface area contributed by atoms with Crippen LogP contribution in [0, 0.1) is 0 Å². The summed E-state index contributed by atoms with van der Waals surface area (Å²) in [6.07, 6.45) is -25.6. The molecule has 0 aromatic heterocycles. The molecular weight excluding hydrogens is 708 g/mol. The molecule has 21 nitrogen and oxygen atoms in total. The van der Waals surface area contributed by atoms with E-state index in [-0.39, 0.29) is 12.4 Å². The second-order valence-electron chi connectivity index (χ2n) is 12.6. The lowest BCUT2D eigenvalue weighted by Crippen LogP contribution is -2.61. The topological polar surface area (TPSA) is 334 Å². The number of aliphatic hydroxyl groups excluding tert-OH is 12. The van der Waals surface area contributed by atoms with Crippen molar-refractivity contribution < 1.29 is 104 Å². The smallest absolute Gasteiger partial charge is 0.331 e. The van der Waals surface area contributed by atoms with E-state index in [0.717, 1.165) is 6.08 Å². The fourth-order valence-electron chi connectivity index (χ4n) is 5.69. The zero-order chi connectivity index (χ0) is 37.9. The van der Waals surface area contributed by atoms with Crippen molar-refractivity contribution in [3.63, 3.8) is 0 Å². The van der Waals surface area contributed by atoms with Gasteiger partial charge in [0.25, 0.3) is 0 Å². The molecule has 1 aromatic rings. The largest absolute Gasteiger partial charge is 0.462 e. The molecule has 0 radical (unpaired) electrons. The first kappa shape index (κ1) is 40.7. The van der Waals surface area contributed by atoms with E-state index in [1.165, 1.54) is 30.3 Å². The number of carbonyl (C=O) groups excluding carboxylic acids is 1. The molecule has 4 aliphatic heterocycles. The zero-order valence-corrected chi connectivity index (χ0v) is 27.2. The Morgan fingerprint density at radius 1 is 0.615 bits per heavy atom. The van der Waals surface area contributed by atoms with Crippen molar-refractivity contribution in [3.8, 4) is 5.75 Å². The number of hydrogen-bond donors (Lipinski definition) is 12. The third kappa shape index (κ3) is 9.41. The summed E-state index contributed by atoms with van der Waals surface area (Å²) in [5.74, 6) is -0.755. The quantitative estimate of drug-likeness (QED) is 0.0738. The molecule has 4 aliphatic rings. The molecule has 294 valence electrons. The van der Waals surface area contributed by atoms with Gasteiger partial charge in [-0.1, -0.05) is 12.1 Å². The van der Waals surface area contributed by atoms with Crippen LogP contribution < -0.4 is 4.74 Å². The van der Waals surface area contributed by atoms with Crippen LogP contribution in [0.1, 0.15) is 5.56 Å². The second-order valence-corrected chi connectivity index (χ2v) is 12.6. The van der Waals surface area contributed by atoms with E-state index in [4.69, 9.17) is 37.9 Å². The fraction of sp³-hybridized carbons (Fsp3) is 0.710. The molecule has 5 rings (SSSR count). The average molecular weight is 753 g/mol. The van der Waals surface area contributed by atoms with Crippen LogP contribution in [0.4, 0.5) is 0 Å². The van der Waals surface area contributed by atoms with E-state index in [0.29, 0.717) is 5.56 Å². The first-order chi connectivity index (χ1) is 24.7. The van der Waals surface area contributed by atoms with E-state index in [9.17, 15) is 66.1 Å². The summed E-state index contributed by atoms with van der Waals surface area (Å²) in [4.78, 5) is 12.5. The van der Waals surface area contributed by atoms with Crippen LogP contribution in [0.3, 0.4) is 0 Å². The van der Waals surface area contributed by atoms with E-state index in [2.05, 4.69) is 0 Å². The number of aliphatic hydroxyl groups is 12. The molecule has 1 aromatic carbocycles. The van der Waals surface area contributed by atoms with Gasteiger partial charge in [0.15, 0.2) is 25.0 Å². The van der Waals surface area contributed by atoms with Crippen molar-refractivity contribution in [2.45, 2.75) is 111 Å². The summed E-state index contributed by atoms with van der Waals surface area (Å²) in [7, 11) is 0. The maximum Gasteiger partial charge on any atom is 0.331 e. The van der Waals surface area contributed by atoms with Crippen molar-refractivity contribution in [2.75, 3.05) is 26.4 Å². The van der Waals surface area contributed by atoms with Crippen LogP contribution >= 0.6 is 0 Å². The lowest BCUT2D eigenvalue weighted by molar-refractivity contribution is -0.312. The highest BCUT2D eigenvalue weighted by atomic mass is 16.7. The Kier molecular flexibility index (Phi) is 13.9. The van der Waals surface area contributed by atoms with Gasteiger partial charge in [-0.2, -0.15) is 0 Å². The van der Waals surface area contributed by atoms with Crippen LogP contribution in [-0.2, 0) is 38.0 Å². The highest BCUT2D eigenvalue weighted by molar-refractivity contribution is 5.87. The Hall–Kier alpha value is -2.49. The normalized spacial score (nSPS) is 44.4. The minimum atomic E-state index is -1.80. The number of benzene rings is 1. The van der Waals surface area contributed by atoms with Crippen LogP contribution in [-0.4, -0.2) is 204 Å². The molecule has 0 bridgehead atoms. The number of ether oxygens (including phenoxy) is 8. The molecule has 0 amide bonds. The Morgan fingerprint density at radius 3 is 1.79 bits per heavy atom. The van der Waals surface area contributed by atoms with Crippen molar-refractivity contribution in [2.24, 2.45) is 0 Å². The Bertz CT molecular complexity index is 1320. The lowest BCUT2D eigenvalue weighted by atomic mass is 9.99. The van der Waals surface area contributed by atoms with Gasteiger partial charge in [0.05, 0.1) is 26.4 Å². The number of hydrogen-bond acceptors (Lipinski definition) is 21. The Balaban J connectivity index is 1.07. The Labute approximate surface area is 294 Å². The minimum Gasteiger partial charge on any atom is -0.462 e. The maximum atomic E-state index is 12.5. The SMILES string of the molecule is O=C(/C=C/c1ccc(O[C@@H]2O[C@H](CO[C@@H]3OC[C@@H](O)[C@H](O)[C@H]3O)[C@@H](O)[C@H](O)[C@H]2O)cc1)O[C@@H]1CO[C@@H](OC[C@H]2O[C@@H](O)[C@H](O)[C@@H](O)[C@@H]2O)[C@H](O)[C@H]1O. The first-order valence-corrected chi connectivity index (χ1v) is 16.3. The third-order valence-electron chi connectivity index (χ3n) is 8.91. The summed E-state index contributed by atoms with van der Waals surface area (Å²) < 4.78 is 42.6. The van der Waals surface area contributed by atoms with Crippen molar-refractivity contribution in [1.82, 2.24) is 0 Å². The molecule has 52 heavy (non-hydrogen) atoms. The van der Waals surface area contributed by atoms with Crippen molar-refractivity contribution in [1.29, 1.82) is 0 Å². The summed E-state index contributed by atoms with van der Waals surface area (Å²) in [5, 5.41) is 121. The summed E-state index contributed by atoms with van der Waals surface area (Å²) in [6.45, 7) is -1.69. The van der Waals surface area contributed by atoms with Crippen LogP contribution in [0.15, 0.2) is 30.3 Å².